The first-order valence-electron chi connectivity index (χ1n) is 6.65. The van der Waals surface area contributed by atoms with Crippen LogP contribution < -0.4 is 5.32 Å². The van der Waals surface area contributed by atoms with Crippen LogP contribution in [0.4, 0.5) is 0 Å². The number of carbonyl (C=O) groups excluding carboxylic acids is 1. The van der Waals surface area contributed by atoms with Crippen LogP contribution in [0, 0.1) is 18.8 Å². The lowest BCUT2D eigenvalue weighted by Crippen LogP contribution is -2.27. The van der Waals surface area contributed by atoms with Crippen LogP contribution in [0.2, 0.25) is 0 Å². The van der Waals surface area contributed by atoms with Gasteiger partial charge in [-0.3, -0.25) is 4.79 Å². The number of amides is 1. The van der Waals surface area contributed by atoms with Gasteiger partial charge in [0.05, 0.1) is 11.9 Å². The number of nitrogens with zero attached hydrogens (tertiary/aromatic N) is 2. The number of imidazole rings is 1. The molecule has 5 heteroatoms. The predicted octanol–water partition coefficient (Wildman–Crippen LogP) is 0.965. The number of carbonyl (C=O) groups is 1. The Morgan fingerprint density at radius 1 is 1.48 bits per heavy atom. The number of aromatic nitrogens is 2. The van der Waals surface area contributed by atoms with E-state index in [-0.39, 0.29) is 12.5 Å². The summed E-state index contributed by atoms with van der Waals surface area (Å²) in [5.41, 5.74) is 2.14. The number of nitrogens with one attached hydrogen (secondary N) is 1. The minimum atomic E-state index is -0.227. The van der Waals surface area contributed by atoms with Gasteiger partial charge < -0.3 is 15.0 Å². The molecular weight excluding hydrogens is 266 g/mol. The van der Waals surface area contributed by atoms with Gasteiger partial charge in [-0.25, -0.2) is 4.98 Å². The molecule has 0 saturated carbocycles. The Morgan fingerprint density at radius 2 is 2.33 bits per heavy atom. The van der Waals surface area contributed by atoms with E-state index in [1.807, 2.05) is 23.8 Å². The molecule has 1 amide bonds. The van der Waals surface area contributed by atoms with Crippen molar-refractivity contribution in [2.24, 2.45) is 0 Å². The smallest absolute Gasteiger partial charge is 0.252 e. The second-order valence-corrected chi connectivity index (χ2v) is 4.57. The summed E-state index contributed by atoms with van der Waals surface area (Å²) in [5, 5.41) is 11.6. The van der Waals surface area contributed by atoms with Crippen LogP contribution in [0.3, 0.4) is 0 Å². The van der Waals surface area contributed by atoms with Crippen LogP contribution in [-0.4, -0.2) is 33.7 Å². The average Bonchev–Trinajstić information content (AvgIpc) is 2.99. The number of hydrogen-bond donors (Lipinski definition) is 2. The van der Waals surface area contributed by atoms with Crippen molar-refractivity contribution in [3.8, 4) is 11.8 Å². The maximum atomic E-state index is 12.2. The molecular formula is C16H17N3O2. The minimum Gasteiger partial charge on any atom is -0.384 e. The fourth-order valence-corrected chi connectivity index (χ4v) is 1.90. The zero-order valence-corrected chi connectivity index (χ0v) is 11.8. The Hall–Kier alpha value is -2.58. The van der Waals surface area contributed by atoms with Gasteiger partial charge in [0.2, 0.25) is 0 Å². The summed E-state index contributed by atoms with van der Waals surface area (Å²) in [6, 6.07) is 5.49. The first kappa shape index (κ1) is 14.8. The van der Waals surface area contributed by atoms with Crippen molar-refractivity contribution in [1.29, 1.82) is 0 Å². The molecule has 1 aromatic heterocycles. The summed E-state index contributed by atoms with van der Waals surface area (Å²) < 4.78 is 1.89. The van der Waals surface area contributed by atoms with Crippen molar-refractivity contribution in [1.82, 2.24) is 14.9 Å². The quantitative estimate of drug-likeness (QED) is 0.822. The van der Waals surface area contributed by atoms with E-state index in [1.165, 1.54) is 0 Å². The monoisotopic (exact) mass is 283 g/mol. The van der Waals surface area contributed by atoms with Crippen molar-refractivity contribution in [2.75, 3.05) is 13.2 Å². The lowest BCUT2D eigenvalue weighted by Gasteiger charge is -2.08. The van der Waals surface area contributed by atoms with E-state index in [1.54, 1.807) is 24.7 Å². The van der Waals surface area contributed by atoms with E-state index < -0.39 is 0 Å². The van der Waals surface area contributed by atoms with E-state index in [9.17, 15) is 4.79 Å². The summed E-state index contributed by atoms with van der Waals surface area (Å²) in [6.07, 6.45) is 5.25. The van der Waals surface area contributed by atoms with Crippen LogP contribution in [-0.2, 0) is 6.54 Å². The van der Waals surface area contributed by atoms with Crippen molar-refractivity contribution in [3.63, 3.8) is 0 Å². The number of aryl methyl sites for hydroxylation is 1. The molecule has 21 heavy (non-hydrogen) atoms. The Bertz CT molecular complexity index is 667. The normalized spacial score (nSPS) is 9.81. The second kappa shape index (κ2) is 7.27. The predicted molar refractivity (Wildman–Crippen MR) is 79.7 cm³/mol. The Labute approximate surface area is 123 Å². The van der Waals surface area contributed by atoms with Gasteiger partial charge in [-0.2, -0.15) is 0 Å². The summed E-state index contributed by atoms with van der Waals surface area (Å²) in [6.45, 7) is 2.87. The number of aliphatic hydroxyl groups excluding tert-OH is 1. The zero-order chi connectivity index (χ0) is 15.1. The molecule has 0 saturated heterocycles. The zero-order valence-electron chi connectivity index (χ0n) is 11.8. The van der Waals surface area contributed by atoms with E-state index in [0.717, 1.165) is 5.56 Å². The van der Waals surface area contributed by atoms with Crippen LogP contribution in [0.25, 0.3) is 0 Å². The molecule has 1 heterocycles. The summed E-state index contributed by atoms with van der Waals surface area (Å²) in [4.78, 5) is 16.2. The topological polar surface area (TPSA) is 67.2 Å². The van der Waals surface area contributed by atoms with E-state index in [2.05, 4.69) is 22.1 Å². The van der Waals surface area contributed by atoms with Gasteiger partial charge in [-0.05, 0) is 19.1 Å². The largest absolute Gasteiger partial charge is 0.384 e. The third-order valence-electron chi connectivity index (χ3n) is 2.94. The maximum Gasteiger partial charge on any atom is 0.252 e. The van der Waals surface area contributed by atoms with E-state index in [4.69, 9.17) is 5.11 Å². The standard InChI is InChI=1S/C16H17N3O2/c1-13-4-5-14(3-2-10-20)15(11-13)16(21)18-7-9-19-8-6-17-12-19/h4-6,8,11-12,20H,7,9-10H2,1H3,(H,18,21). The third-order valence-corrected chi connectivity index (χ3v) is 2.94. The molecule has 0 unspecified atom stereocenters. The fraction of sp³-hybridized carbons (Fsp3) is 0.250. The van der Waals surface area contributed by atoms with Crippen LogP contribution in [0.1, 0.15) is 21.5 Å². The molecule has 108 valence electrons. The Morgan fingerprint density at radius 3 is 3.05 bits per heavy atom. The van der Waals surface area contributed by atoms with Gasteiger partial charge in [-0.1, -0.05) is 23.5 Å². The fourth-order valence-electron chi connectivity index (χ4n) is 1.90. The SMILES string of the molecule is Cc1ccc(C#CCO)c(C(=O)NCCn2ccnc2)c1. The molecule has 0 radical (unpaired) electrons. The molecule has 1 aromatic carbocycles. The lowest BCUT2D eigenvalue weighted by molar-refractivity contribution is 0.0952. The molecule has 2 rings (SSSR count). The molecule has 0 aliphatic rings. The minimum absolute atomic E-state index is 0.166. The molecule has 0 bridgehead atoms. The van der Waals surface area contributed by atoms with Crippen LogP contribution in [0.15, 0.2) is 36.9 Å². The molecule has 0 aliphatic heterocycles. The molecule has 0 spiro atoms. The van der Waals surface area contributed by atoms with Gasteiger partial charge in [-0.15, -0.1) is 0 Å². The summed E-state index contributed by atoms with van der Waals surface area (Å²) in [7, 11) is 0. The van der Waals surface area contributed by atoms with Crippen LogP contribution in [0.5, 0.6) is 0 Å². The van der Waals surface area contributed by atoms with Crippen molar-refractivity contribution < 1.29 is 9.90 Å². The first-order chi connectivity index (χ1) is 10.2. The van der Waals surface area contributed by atoms with Crippen LogP contribution >= 0.6 is 0 Å². The van der Waals surface area contributed by atoms with Crippen molar-refractivity contribution in [2.45, 2.75) is 13.5 Å². The number of hydrogen-bond acceptors (Lipinski definition) is 3. The summed E-state index contributed by atoms with van der Waals surface area (Å²) >= 11 is 0. The molecule has 0 fully saturated rings. The molecule has 0 aliphatic carbocycles. The lowest BCUT2D eigenvalue weighted by atomic mass is 10.0. The van der Waals surface area contributed by atoms with E-state index >= 15 is 0 Å². The number of rotatable bonds is 4. The Balaban J connectivity index is 2.05. The number of benzene rings is 1. The highest BCUT2D eigenvalue weighted by molar-refractivity contribution is 5.96. The molecule has 5 nitrogen and oxygen atoms in total. The molecule has 2 N–H and O–H groups in total. The number of aliphatic hydroxyl groups is 1. The maximum absolute atomic E-state index is 12.2. The highest BCUT2D eigenvalue weighted by Gasteiger charge is 2.10. The van der Waals surface area contributed by atoms with E-state index in [0.29, 0.717) is 24.2 Å². The third kappa shape index (κ3) is 4.20. The summed E-state index contributed by atoms with van der Waals surface area (Å²) in [5.74, 6) is 5.20. The van der Waals surface area contributed by atoms with Gasteiger partial charge in [0.1, 0.15) is 6.61 Å². The highest BCUT2D eigenvalue weighted by Crippen LogP contribution is 2.10. The van der Waals surface area contributed by atoms with Gasteiger partial charge >= 0.3 is 0 Å². The highest BCUT2D eigenvalue weighted by atomic mass is 16.2. The second-order valence-electron chi connectivity index (χ2n) is 4.57. The van der Waals surface area contributed by atoms with Crippen molar-refractivity contribution in [3.05, 3.63) is 53.6 Å². The molecule has 2 aromatic rings. The molecule has 0 atom stereocenters. The van der Waals surface area contributed by atoms with Gasteiger partial charge in [0, 0.05) is 31.0 Å². The average molecular weight is 283 g/mol. The van der Waals surface area contributed by atoms with Crippen molar-refractivity contribution >= 4 is 5.91 Å². The van der Waals surface area contributed by atoms with Gasteiger partial charge in [0.15, 0.2) is 0 Å². The first-order valence-corrected chi connectivity index (χ1v) is 6.65. The Kier molecular flexibility index (Phi) is 5.13. The van der Waals surface area contributed by atoms with Gasteiger partial charge in [0.25, 0.3) is 5.91 Å².